The van der Waals surface area contributed by atoms with Gasteiger partial charge in [0.15, 0.2) is 8.32 Å². The third-order valence-corrected chi connectivity index (χ3v) is 10.5. The van der Waals surface area contributed by atoms with Crippen molar-refractivity contribution in [2.45, 2.75) is 51.4 Å². The van der Waals surface area contributed by atoms with Crippen molar-refractivity contribution in [3.8, 4) is 0 Å². The zero-order chi connectivity index (χ0) is 19.1. The maximum absolute atomic E-state index is 12.9. The van der Waals surface area contributed by atoms with Crippen molar-refractivity contribution >= 4 is 36.7 Å². The first-order valence-corrected chi connectivity index (χ1v) is 12.4. The van der Waals surface area contributed by atoms with Crippen molar-refractivity contribution in [3.63, 3.8) is 0 Å². The van der Waals surface area contributed by atoms with Crippen LogP contribution in [0.4, 0.5) is 0 Å². The average molecular weight is 391 g/mol. The Morgan fingerprint density at radius 1 is 1.31 bits per heavy atom. The molecule has 4 nitrogen and oxygen atoms in total. The summed E-state index contributed by atoms with van der Waals surface area (Å²) in [5.41, 5.74) is 1.45. The number of benzene rings is 1. The first-order chi connectivity index (χ1) is 12.1. The molecule has 0 N–H and O–H groups in total. The van der Waals surface area contributed by atoms with Crippen molar-refractivity contribution in [2.75, 3.05) is 13.1 Å². The fourth-order valence-corrected chi connectivity index (χ4v) is 4.62. The molecular formula is C20H27ClN2O2Si. The standard InChI is InChI=1S/C20H27ClN2O2Si/c1-20(2,3)26(4,5)25-15-9-11-23(13-15)19(24)14-6-7-18-16(12-14)17(21)8-10-22-18/h6-8,10,12,15H,9,11,13H2,1-5H3. The van der Waals surface area contributed by atoms with Crippen LogP contribution in [0.2, 0.25) is 23.2 Å². The number of pyridine rings is 1. The largest absolute Gasteiger partial charge is 0.412 e. The molecule has 0 radical (unpaired) electrons. The predicted octanol–water partition coefficient (Wildman–Crippen LogP) is 5.12. The van der Waals surface area contributed by atoms with Crippen LogP contribution in [0.5, 0.6) is 0 Å². The van der Waals surface area contributed by atoms with Crippen LogP contribution in [0.1, 0.15) is 37.6 Å². The highest BCUT2D eigenvalue weighted by Crippen LogP contribution is 2.38. The number of carbonyl (C=O) groups is 1. The molecule has 0 spiro atoms. The summed E-state index contributed by atoms with van der Waals surface area (Å²) < 4.78 is 6.48. The van der Waals surface area contributed by atoms with Crippen LogP contribution in [0, 0.1) is 0 Å². The molecule has 0 bridgehead atoms. The number of amides is 1. The summed E-state index contributed by atoms with van der Waals surface area (Å²) in [7, 11) is -1.82. The van der Waals surface area contributed by atoms with Crippen LogP contribution in [-0.4, -0.2) is 43.3 Å². The van der Waals surface area contributed by atoms with Crippen molar-refractivity contribution in [3.05, 3.63) is 41.0 Å². The number of halogens is 1. The molecule has 1 fully saturated rings. The molecule has 1 aliphatic rings. The highest BCUT2D eigenvalue weighted by atomic mass is 35.5. The highest BCUT2D eigenvalue weighted by Gasteiger charge is 2.41. The van der Waals surface area contributed by atoms with E-state index in [0.717, 1.165) is 23.9 Å². The van der Waals surface area contributed by atoms with Crippen molar-refractivity contribution in [1.82, 2.24) is 9.88 Å². The molecule has 26 heavy (non-hydrogen) atoms. The summed E-state index contributed by atoms with van der Waals surface area (Å²) in [5, 5.41) is 1.60. The molecule has 0 saturated carbocycles. The second kappa shape index (κ2) is 6.95. The number of nitrogens with zero attached hydrogens (tertiary/aromatic N) is 2. The summed E-state index contributed by atoms with van der Waals surface area (Å²) in [5.74, 6) is 0.0353. The number of hydrogen-bond donors (Lipinski definition) is 0. The molecule has 1 atom stereocenters. The quantitative estimate of drug-likeness (QED) is 0.682. The van der Waals surface area contributed by atoms with Gasteiger partial charge in [0, 0.05) is 30.2 Å². The molecule has 1 unspecified atom stereocenters. The van der Waals surface area contributed by atoms with E-state index in [4.69, 9.17) is 16.0 Å². The van der Waals surface area contributed by atoms with Gasteiger partial charge < -0.3 is 9.33 Å². The molecule has 1 saturated heterocycles. The lowest BCUT2D eigenvalue weighted by Crippen LogP contribution is -2.44. The molecule has 2 aromatic rings. The van der Waals surface area contributed by atoms with Crippen molar-refractivity contribution in [2.24, 2.45) is 0 Å². The maximum Gasteiger partial charge on any atom is 0.253 e. The van der Waals surface area contributed by atoms with Gasteiger partial charge in [-0.3, -0.25) is 9.78 Å². The first-order valence-electron chi connectivity index (χ1n) is 9.10. The van der Waals surface area contributed by atoms with Crippen LogP contribution < -0.4 is 0 Å². The molecule has 1 amide bonds. The van der Waals surface area contributed by atoms with Crippen LogP contribution in [0.3, 0.4) is 0 Å². The molecular weight excluding hydrogens is 364 g/mol. The molecule has 1 aromatic heterocycles. The number of aromatic nitrogens is 1. The number of hydrogen-bond acceptors (Lipinski definition) is 3. The van der Waals surface area contributed by atoms with E-state index in [9.17, 15) is 4.79 Å². The van der Waals surface area contributed by atoms with Gasteiger partial charge in [-0.15, -0.1) is 0 Å². The van der Waals surface area contributed by atoms with Gasteiger partial charge in [-0.25, -0.2) is 0 Å². The summed E-state index contributed by atoms with van der Waals surface area (Å²) in [6, 6.07) is 7.27. The fourth-order valence-electron chi connectivity index (χ4n) is 3.03. The van der Waals surface area contributed by atoms with E-state index in [0.29, 0.717) is 17.1 Å². The first kappa shape index (κ1) is 19.3. The Kier molecular flexibility index (Phi) is 5.16. The van der Waals surface area contributed by atoms with E-state index in [1.807, 2.05) is 23.1 Å². The summed E-state index contributed by atoms with van der Waals surface area (Å²) in [6.45, 7) is 12.6. The second-order valence-electron chi connectivity index (χ2n) is 8.56. The lowest BCUT2D eigenvalue weighted by Gasteiger charge is -2.38. The summed E-state index contributed by atoms with van der Waals surface area (Å²) in [4.78, 5) is 19.1. The molecule has 0 aliphatic carbocycles. The Morgan fingerprint density at radius 3 is 2.73 bits per heavy atom. The monoisotopic (exact) mass is 390 g/mol. The van der Waals surface area contributed by atoms with E-state index >= 15 is 0 Å². The van der Waals surface area contributed by atoms with E-state index in [1.54, 1.807) is 12.3 Å². The SMILES string of the molecule is CC(C)(C)[Si](C)(C)OC1CCN(C(=O)c2ccc3nccc(Cl)c3c2)C1. The van der Waals surface area contributed by atoms with Gasteiger partial charge in [0.05, 0.1) is 16.6 Å². The number of rotatable bonds is 3. The van der Waals surface area contributed by atoms with E-state index in [2.05, 4.69) is 38.8 Å². The minimum atomic E-state index is -1.82. The van der Waals surface area contributed by atoms with Gasteiger partial charge in [0.2, 0.25) is 0 Å². The third kappa shape index (κ3) is 3.80. The maximum atomic E-state index is 12.9. The van der Waals surface area contributed by atoms with Gasteiger partial charge in [-0.2, -0.15) is 0 Å². The predicted molar refractivity (Wildman–Crippen MR) is 109 cm³/mol. The summed E-state index contributed by atoms with van der Waals surface area (Å²) >= 11 is 6.25. The van der Waals surface area contributed by atoms with Crippen molar-refractivity contribution < 1.29 is 9.22 Å². The Balaban J connectivity index is 1.73. The van der Waals surface area contributed by atoms with Crippen LogP contribution >= 0.6 is 11.6 Å². The van der Waals surface area contributed by atoms with E-state index in [-0.39, 0.29) is 17.0 Å². The minimum absolute atomic E-state index is 0.0353. The Labute approximate surface area is 161 Å². The second-order valence-corrected chi connectivity index (χ2v) is 13.7. The Morgan fingerprint density at radius 2 is 2.04 bits per heavy atom. The summed E-state index contributed by atoms with van der Waals surface area (Å²) in [6.07, 6.45) is 2.70. The fraction of sp³-hybridized carbons (Fsp3) is 0.500. The molecule has 3 rings (SSSR count). The van der Waals surface area contributed by atoms with Crippen LogP contribution in [0.25, 0.3) is 10.9 Å². The third-order valence-electron chi connectivity index (χ3n) is 5.63. The molecule has 6 heteroatoms. The number of carbonyl (C=O) groups excluding carboxylic acids is 1. The van der Waals surface area contributed by atoms with E-state index < -0.39 is 8.32 Å². The Hall–Kier alpha value is -1.43. The number of likely N-dealkylation sites (tertiary alicyclic amines) is 1. The smallest absolute Gasteiger partial charge is 0.253 e. The van der Waals surface area contributed by atoms with E-state index in [1.165, 1.54) is 0 Å². The zero-order valence-corrected chi connectivity index (χ0v) is 17.9. The Bertz CT molecular complexity index is 832. The zero-order valence-electron chi connectivity index (χ0n) is 16.2. The molecule has 1 aromatic carbocycles. The normalized spacial score (nSPS) is 18.5. The van der Waals surface area contributed by atoms with Gasteiger partial charge in [0.1, 0.15) is 0 Å². The molecule has 1 aliphatic heterocycles. The van der Waals surface area contributed by atoms with Crippen LogP contribution in [0.15, 0.2) is 30.5 Å². The highest BCUT2D eigenvalue weighted by molar-refractivity contribution is 6.74. The molecule has 2 heterocycles. The number of fused-ring (bicyclic) bond motifs is 1. The lowest BCUT2D eigenvalue weighted by atomic mass is 10.1. The van der Waals surface area contributed by atoms with Gasteiger partial charge in [-0.1, -0.05) is 32.4 Å². The van der Waals surface area contributed by atoms with Crippen molar-refractivity contribution in [1.29, 1.82) is 0 Å². The lowest BCUT2D eigenvalue weighted by molar-refractivity contribution is 0.0768. The topological polar surface area (TPSA) is 42.4 Å². The van der Waals surface area contributed by atoms with Gasteiger partial charge in [-0.05, 0) is 48.8 Å². The minimum Gasteiger partial charge on any atom is -0.412 e. The van der Waals surface area contributed by atoms with Gasteiger partial charge in [0.25, 0.3) is 5.91 Å². The molecule has 140 valence electrons. The average Bonchev–Trinajstić information content (AvgIpc) is 3.01. The van der Waals surface area contributed by atoms with Crippen LogP contribution in [-0.2, 0) is 4.43 Å². The van der Waals surface area contributed by atoms with Gasteiger partial charge >= 0.3 is 0 Å².